The van der Waals surface area contributed by atoms with E-state index in [1.165, 1.54) is 11.3 Å². The summed E-state index contributed by atoms with van der Waals surface area (Å²) in [4.78, 5) is 29.9. The van der Waals surface area contributed by atoms with Gasteiger partial charge in [0, 0.05) is 18.7 Å². The van der Waals surface area contributed by atoms with E-state index in [-0.39, 0.29) is 12.8 Å². The molecule has 0 spiro atoms. The molecule has 35 heavy (non-hydrogen) atoms. The summed E-state index contributed by atoms with van der Waals surface area (Å²) < 4.78 is 12.2. The van der Waals surface area contributed by atoms with E-state index in [0.717, 1.165) is 21.7 Å². The minimum Gasteiger partial charge on any atom is -0.456 e. The minimum absolute atomic E-state index is 0.00853. The Hall–Kier alpha value is -4.23. The van der Waals surface area contributed by atoms with E-state index < -0.39 is 18.5 Å². The zero-order valence-electron chi connectivity index (χ0n) is 19.3. The van der Waals surface area contributed by atoms with Gasteiger partial charge in [0.25, 0.3) is 5.91 Å². The summed E-state index contributed by atoms with van der Waals surface area (Å²) >= 11 is 1.49. The number of esters is 1. The number of ether oxygens (including phenoxy) is 1. The third kappa shape index (κ3) is 5.65. The van der Waals surface area contributed by atoms with Crippen LogP contribution in [0.15, 0.2) is 52.4 Å². The summed E-state index contributed by atoms with van der Waals surface area (Å²) in [6, 6.07) is 15.7. The van der Waals surface area contributed by atoms with E-state index >= 15 is 0 Å². The van der Waals surface area contributed by atoms with Crippen LogP contribution < -0.4 is 5.32 Å². The molecule has 1 N–H and O–H groups in total. The average Bonchev–Trinajstić information content (AvgIpc) is 3.60. The molecule has 0 unspecified atom stereocenters. The molecule has 178 valence electrons. The zero-order valence-corrected chi connectivity index (χ0v) is 20.1. The first-order chi connectivity index (χ1) is 17.0. The number of nitriles is 1. The lowest BCUT2D eigenvalue weighted by Crippen LogP contribution is -2.23. The fourth-order valence-corrected chi connectivity index (χ4v) is 4.20. The fraction of sp³-hybridized carbons (Fsp3) is 0.240. The molecular formula is C25H23N5O4S. The molecule has 3 heterocycles. The van der Waals surface area contributed by atoms with E-state index in [9.17, 15) is 14.9 Å². The lowest BCUT2D eigenvalue weighted by atomic mass is 10.2. The van der Waals surface area contributed by atoms with Crippen LogP contribution in [0.2, 0.25) is 0 Å². The molecule has 1 amide bonds. The number of aromatic nitrogens is 3. The summed E-state index contributed by atoms with van der Waals surface area (Å²) in [6.07, 6.45) is 0.196. The number of amides is 1. The van der Waals surface area contributed by atoms with Crippen molar-refractivity contribution >= 4 is 29.0 Å². The van der Waals surface area contributed by atoms with Crippen LogP contribution in [0, 0.1) is 25.2 Å². The standard InChI is InChI=1S/C25H23N5O4S/c1-16-17(2)30(14-18-7-4-3-5-8-18)25(19(16)13-26)27-21(31)15-33-23(32)11-10-22-28-24(29-34-22)20-9-6-12-35-20/h3-9,12H,10-11,14-15H2,1-2H3,(H,27,31). The van der Waals surface area contributed by atoms with Crippen molar-refractivity contribution in [3.8, 4) is 16.8 Å². The molecule has 10 heteroatoms. The Kier molecular flexibility index (Phi) is 7.38. The van der Waals surface area contributed by atoms with Gasteiger partial charge < -0.3 is 19.1 Å². The lowest BCUT2D eigenvalue weighted by molar-refractivity contribution is -0.147. The third-order valence-electron chi connectivity index (χ3n) is 5.50. The van der Waals surface area contributed by atoms with Gasteiger partial charge in [0.2, 0.25) is 11.7 Å². The Bertz CT molecular complexity index is 1370. The van der Waals surface area contributed by atoms with E-state index in [2.05, 4.69) is 21.5 Å². The quantitative estimate of drug-likeness (QED) is 0.349. The number of benzene rings is 1. The van der Waals surface area contributed by atoms with Crippen LogP contribution in [0.5, 0.6) is 0 Å². The molecule has 0 aliphatic carbocycles. The highest BCUT2D eigenvalue weighted by Crippen LogP contribution is 2.27. The fourth-order valence-electron chi connectivity index (χ4n) is 3.55. The summed E-state index contributed by atoms with van der Waals surface area (Å²) in [5, 5.41) is 18.2. The number of thiophene rings is 1. The van der Waals surface area contributed by atoms with Gasteiger partial charge in [0.1, 0.15) is 11.9 Å². The van der Waals surface area contributed by atoms with Gasteiger partial charge in [0.15, 0.2) is 6.61 Å². The van der Waals surface area contributed by atoms with Crippen molar-refractivity contribution in [3.05, 3.63) is 76.1 Å². The van der Waals surface area contributed by atoms with E-state index in [0.29, 0.717) is 29.6 Å². The number of aryl methyl sites for hydroxylation is 1. The molecule has 0 radical (unpaired) electrons. The van der Waals surface area contributed by atoms with Gasteiger partial charge in [-0.1, -0.05) is 41.6 Å². The molecule has 0 bridgehead atoms. The summed E-state index contributed by atoms with van der Waals surface area (Å²) in [5.74, 6) is 0.0839. The van der Waals surface area contributed by atoms with E-state index in [4.69, 9.17) is 9.26 Å². The van der Waals surface area contributed by atoms with Crippen molar-refractivity contribution in [1.29, 1.82) is 5.26 Å². The number of rotatable bonds is 9. The molecule has 0 aliphatic rings. The van der Waals surface area contributed by atoms with Gasteiger partial charge in [0.05, 0.1) is 16.9 Å². The molecular weight excluding hydrogens is 466 g/mol. The maximum atomic E-state index is 12.6. The molecule has 0 saturated carbocycles. The maximum absolute atomic E-state index is 12.6. The second-order valence-corrected chi connectivity index (χ2v) is 8.76. The van der Waals surface area contributed by atoms with Crippen molar-refractivity contribution in [2.45, 2.75) is 33.2 Å². The van der Waals surface area contributed by atoms with Gasteiger partial charge in [-0.3, -0.25) is 9.59 Å². The Balaban J connectivity index is 1.34. The highest BCUT2D eigenvalue weighted by molar-refractivity contribution is 7.13. The van der Waals surface area contributed by atoms with Crippen LogP contribution in [0.1, 0.15) is 34.7 Å². The first-order valence-electron chi connectivity index (χ1n) is 10.9. The molecule has 0 atom stereocenters. The highest BCUT2D eigenvalue weighted by Gasteiger charge is 2.20. The minimum atomic E-state index is -0.566. The van der Waals surface area contributed by atoms with Crippen LogP contribution in [0.4, 0.5) is 5.82 Å². The van der Waals surface area contributed by atoms with Crippen molar-refractivity contribution < 1.29 is 18.8 Å². The summed E-state index contributed by atoms with van der Waals surface area (Å²) in [5.41, 5.74) is 3.08. The van der Waals surface area contributed by atoms with Crippen molar-refractivity contribution in [2.75, 3.05) is 11.9 Å². The Morgan fingerprint density at radius 3 is 2.71 bits per heavy atom. The summed E-state index contributed by atoms with van der Waals surface area (Å²) in [7, 11) is 0. The Morgan fingerprint density at radius 2 is 2.00 bits per heavy atom. The van der Waals surface area contributed by atoms with Gasteiger partial charge >= 0.3 is 5.97 Å². The van der Waals surface area contributed by atoms with Gasteiger partial charge in [-0.05, 0) is 36.4 Å². The number of carbonyl (C=O) groups is 2. The molecule has 4 aromatic rings. The summed E-state index contributed by atoms with van der Waals surface area (Å²) in [6.45, 7) is 3.76. The zero-order chi connectivity index (χ0) is 24.8. The van der Waals surface area contributed by atoms with Crippen molar-refractivity contribution in [3.63, 3.8) is 0 Å². The van der Waals surface area contributed by atoms with Crippen LogP contribution >= 0.6 is 11.3 Å². The van der Waals surface area contributed by atoms with Gasteiger partial charge in [-0.15, -0.1) is 11.3 Å². The third-order valence-corrected chi connectivity index (χ3v) is 6.37. The molecule has 9 nitrogen and oxygen atoms in total. The molecule has 0 aliphatic heterocycles. The maximum Gasteiger partial charge on any atom is 0.306 e. The van der Waals surface area contributed by atoms with Gasteiger partial charge in [-0.25, -0.2) is 0 Å². The SMILES string of the molecule is Cc1c(C#N)c(NC(=O)COC(=O)CCc2nc(-c3cccs3)no2)n(Cc2ccccc2)c1C. The normalized spacial score (nSPS) is 10.7. The van der Waals surface area contributed by atoms with Crippen LogP contribution in [-0.4, -0.2) is 33.2 Å². The topological polar surface area (TPSA) is 123 Å². The Labute approximate surface area is 206 Å². The first kappa shape index (κ1) is 23.9. The van der Waals surface area contributed by atoms with Crippen molar-refractivity contribution in [2.24, 2.45) is 0 Å². The van der Waals surface area contributed by atoms with E-state index in [1.807, 2.05) is 66.3 Å². The van der Waals surface area contributed by atoms with Crippen LogP contribution in [-0.2, 0) is 27.3 Å². The molecule has 1 aromatic carbocycles. The average molecular weight is 490 g/mol. The predicted octanol–water partition coefficient (Wildman–Crippen LogP) is 4.25. The largest absolute Gasteiger partial charge is 0.456 e. The molecule has 3 aromatic heterocycles. The lowest BCUT2D eigenvalue weighted by Gasteiger charge is -2.13. The smallest absolute Gasteiger partial charge is 0.306 e. The van der Waals surface area contributed by atoms with Crippen LogP contribution in [0.3, 0.4) is 0 Å². The first-order valence-corrected chi connectivity index (χ1v) is 11.8. The van der Waals surface area contributed by atoms with Gasteiger partial charge in [-0.2, -0.15) is 10.2 Å². The molecule has 0 fully saturated rings. The van der Waals surface area contributed by atoms with Crippen molar-refractivity contribution in [1.82, 2.24) is 14.7 Å². The second-order valence-electron chi connectivity index (χ2n) is 7.82. The second kappa shape index (κ2) is 10.8. The molecule has 0 saturated heterocycles. The number of carbonyl (C=O) groups excluding carboxylic acids is 2. The van der Waals surface area contributed by atoms with Crippen LogP contribution in [0.25, 0.3) is 10.7 Å². The number of nitrogens with zero attached hydrogens (tertiary/aromatic N) is 4. The number of nitrogens with one attached hydrogen (secondary N) is 1. The predicted molar refractivity (Wildman–Crippen MR) is 130 cm³/mol. The number of hydrogen-bond donors (Lipinski definition) is 1. The Morgan fingerprint density at radius 1 is 1.20 bits per heavy atom. The highest BCUT2D eigenvalue weighted by atomic mass is 32.1. The monoisotopic (exact) mass is 489 g/mol. The number of anilines is 1. The number of hydrogen-bond acceptors (Lipinski definition) is 8. The molecule has 4 rings (SSSR count). The van der Waals surface area contributed by atoms with E-state index in [1.54, 1.807) is 0 Å².